The number of nitrogens with one attached hydrogen (secondary N) is 1. The molecule has 1 saturated heterocycles. The quantitative estimate of drug-likeness (QED) is 0.296. The number of aromatic nitrogens is 3. The number of piperidine rings is 1. The molecule has 1 amide bonds. The second-order valence-corrected chi connectivity index (χ2v) is 10.5. The first-order valence-electron chi connectivity index (χ1n) is 13.1. The lowest BCUT2D eigenvalue weighted by molar-refractivity contribution is 0.0197. The normalized spacial score (nSPS) is 15.6. The van der Waals surface area contributed by atoms with Crippen LogP contribution in [0.3, 0.4) is 0 Å². The van der Waals surface area contributed by atoms with Crippen LogP contribution in [0, 0.1) is 0 Å². The smallest absolute Gasteiger partial charge is 0.410 e. The van der Waals surface area contributed by atoms with Crippen LogP contribution in [-0.2, 0) is 4.74 Å². The van der Waals surface area contributed by atoms with Crippen molar-refractivity contribution in [2.45, 2.75) is 45.1 Å². The molecule has 9 nitrogen and oxygen atoms in total. The van der Waals surface area contributed by atoms with Crippen LogP contribution < -0.4 is 14.8 Å². The molecule has 2 aromatic carbocycles. The Labute approximate surface area is 228 Å². The third-order valence-corrected chi connectivity index (χ3v) is 6.46. The van der Waals surface area contributed by atoms with Gasteiger partial charge in [0.25, 0.3) is 0 Å². The number of ether oxygens (including phenoxy) is 3. The molecule has 0 radical (unpaired) electrons. The zero-order chi connectivity index (χ0) is 27.4. The number of nitrogens with zero attached hydrogens (tertiary/aromatic N) is 4. The first-order valence-corrected chi connectivity index (χ1v) is 13.1. The number of likely N-dealkylation sites (tertiary alicyclic amines) is 1. The zero-order valence-electron chi connectivity index (χ0n) is 22.7. The molecular formula is C30H33N5O4. The van der Waals surface area contributed by atoms with Crippen LogP contribution in [0.2, 0.25) is 0 Å². The van der Waals surface area contributed by atoms with Crippen molar-refractivity contribution in [2.24, 2.45) is 0 Å². The predicted octanol–water partition coefficient (Wildman–Crippen LogP) is 6.68. The van der Waals surface area contributed by atoms with E-state index in [1.807, 2.05) is 63.2 Å². The number of benzene rings is 2. The van der Waals surface area contributed by atoms with E-state index in [-0.39, 0.29) is 12.0 Å². The molecule has 3 heterocycles. The van der Waals surface area contributed by atoms with Crippen molar-refractivity contribution in [2.75, 3.05) is 25.5 Å². The Kier molecular flexibility index (Phi) is 7.49. The summed E-state index contributed by atoms with van der Waals surface area (Å²) in [5, 5.41) is 4.22. The summed E-state index contributed by atoms with van der Waals surface area (Å²) in [5.41, 5.74) is 2.00. The lowest BCUT2D eigenvalue weighted by atomic mass is 9.89. The highest BCUT2D eigenvalue weighted by Gasteiger charge is 2.30. The van der Waals surface area contributed by atoms with Crippen molar-refractivity contribution in [3.05, 3.63) is 72.7 Å². The first-order chi connectivity index (χ1) is 18.8. The van der Waals surface area contributed by atoms with Crippen molar-refractivity contribution in [3.8, 4) is 17.4 Å². The van der Waals surface area contributed by atoms with Gasteiger partial charge >= 0.3 is 6.09 Å². The summed E-state index contributed by atoms with van der Waals surface area (Å²) in [6.45, 7) is 6.88. The Morgan fingerprint density at radius 2 is 1.87 bits per heavy atom. The van der Waals surface area contributed by atoms with Crippen LogP contribution in [0.15, 0.2) is 67.1 Å². The van der Waals surface area contributed by atoms with Crippen molar-refractivity contribution in [3.63, 3.8) is 0 Å². The summed E-state index contributed by atoms with van der Waals surface area (Å²) in [4.78, 5) is 28.0. The van der Waals surface area contributed by atoms with Crippen LogP contribution in [0.4, 0.5) is 16.3 Å². The number of anilines is 2. The van der Waals surface area contributed by atoms with Crippen molar-refractivity contribution < 1.29 is 19.0 Å². The third kappa shape index (κ3) is 6.37. The fraction of sp³-hybridized carbons (Fsp3) is 0.333. The van der Waals surface area contributed by atoms with Gasteiger partial charge in [-0.25, -0.2) is 19.7 Å². The van der Waals surface area contributed by atoms with Crippen LogP contribution in [0.1, 0.15) is 45.1 Å². The van der Waals surface area contributed by atoms with Gasteiger partial charge < -0.3 is 24.4 Å². The number of fused-ring (bicyclic) bond motifs is 1. The van der Waals surface area contributed by atoms with Gasteiger partial charge in [0.2, 0.25) is 5.88 Å². The predicted molar refractivity (Wildman–Crippen MR) is 150 cm³/mol. The van der Waals surface area contributed by atoms with Gasteiger partial charge in [-0.2, -0.15) is 0 Å². The standard InChI is InChI=1S/C30H33N5O4/c1-30(2,3)39-29(36)35-14-8-9-20(18-35)23-15-24-25(16-26(23)37-4)32-19-33-28(24)34-21-12-13-27(31-17-21)38-22-10-6-5-7-11-22/h5-7,10-13,15-17,19-20H,8-9,14,18H2,1-4H3,(H,32,33,34). The molecule has 5 rings (SSSR count). The highest BCUT2D eigenvalue weighted by Crippen LogP contribution is 2.38. The monoisotopic (exact) mass is 527 g/mol. The van der Waals surface area contributed by atoms with E-state index in [0.717, 1.165) is 46.5 Å². The maximum atomic E-state index is 12.8. The first kappa shape index (κ1) is 26.2. The van der Waals surface area contributed by atoms with Crippen LogP contribution in [-0.4, -0.2) is 51.7 Å². The molecule has 39 heavy (non-hydrogen) atoms. The molecule has 0 spiro atoms. The average molecular weight is 528 g/mol. The Bertz CT molecular complexity index is 1440. The summed E-state index contributed by atoms with van der Waals surface area (Å²) in [5.74, 6) is 2.71. The second-order valence-electron chi connectivity index (χ2n) is 10.5. The van der Waals surface area contributed by atoms with Gasteiger partial charge in [0, 0.05) is 36.5 Å². The number of carbonyl (C=O) groups excluding carboxylic acids is 1. The van der Waals surface area contributed by atoms with Gasteiger partial charge in [0.05, 0.1) is 24.5 Å². The second kappa shape index (κ2) is 11.1. The van der Waals surface area contributed by atoms with E-state index in [0.29, 0.717) is 24.8 Å². The van der Waals surface area contributed by atoms with E-state index in [9.17, 15) is 4.79 Å². The average Bonchev–Trinajstić information content (AvgIpc) is 2.93. The molecule has 2 aromatic heterocycles. The highest BCUT2D eigenvalue weighted by atomic mass is 16.6. The molecule has 1 aliphatic heterocycles. The van der Waals surface area contributed by atoms with E-state index >= 15 is 0 Å². The minimum Gasteiger partial charge on any atom is -0.496 e. The largest absolute Gasteiger partial charge is 0.496 e. The van der Waals surface area contributed by atoms with Crippen molar-refractivity contribution in [1.29, 1.82) is 0 Å². The molecule has 0 saturated carbocycles. The fourth-order valence-corrected chi connectivity index (χ4v) is 4.68. The molecule has 1 atom stereocenters. The zero-order valence-corrected chi connectivity index (χ0v) is 22.7. The number of carbonyl (C=O) groups is 1. The summed E-state index contributed by atoms with van der Waals surface area (Å²) >= 11 is 0. The van der Waals surface area contributed by atoms with Gasteiger partial charge in [0.1, 0.15) is 29.2 Å². The number of hydrogen-bond donors (Lipinski definition) is 1. The van der Waals surface area contributed by atoms with Crippen molar-refractivity contribution >= 4 is 28.5 Å². The van der Waals surface area contributed by atoms with E-state index in [1.54, 1.807) is 24.3 Å². The Hall–Kier alpha value is -4.40. The molecule has 0 bridgehead atoms. The number of methoxy groups -OCH3 is 1. The van der Waals surface area contributed by atoms with Gasteiger partial charge in [-0.1, -0.05) is 18.2 Å². The number of hydrogen-bond acceptors (Lipinski definition) is 8. The van der Waals surface area contributed by atoms with Crippen LogP contribution in [0.25, 0.3) is 10.9 Å². The van der Waals surface area contributed by atoms with Crippen LogP contribution in [0.5, 0.6) is 17.4 Å². The maximum Gasteiger partial charge on any atom is 0.410 e. The van der Waals surface area contributed by atoms with E-state index < -0.39 is 5.60 Å². The molecular weight excluding hydrogens is 494 g/mol. The van der Waals surface area contributed by atoms with Gasteiger partial charge in [-0.15, -0.1) is 0 Å². The molecule has 1 fully saturated rings. The number of pyridine rings is 1. The third-order valence-electron chi connectivity index (χ3n) is 6.46. The Morgan fingerprint density at radius 3 is 2.59 bits per heavy atom. The van der Waals surface area contributed by atoms with E-state index in [1.165, 1.54) is 6.33 Å². The van der Waals surface area contributed by atoms with Crippen molar-refractivity contribution in [1.82, 2.24) is 19.9 Å². The number of amides is 1. The molecule has 202 valence electrons. The van der Waals surface area contributed by atoms with Gasteiger partial charge in [-0.05, 0) is 63.4 Å². The van der Waals surface area contributed by atoms with E-state index in [2.05, 4.69) is 26.3 Å². The molecule has 1 N–H and O–H groups in total. The molecule has 9 heteroatoms. The SMILES string of the molecule is COc1cc2ncnc(Nc3ccc(Oc4ccccc4)nc3)c2cc1C1CCCN(C(=O)OC(C)(C)C)C1. The molecule has 1 aliphatic rings. The molecule has 0 aliphatic carbocycles. The summed E-state index contributed by atoms with van der Waals surface area (Å²) in [7, 11) is 1.66. The Balaban J connectivity index is 1.39. The van der Waals surface area contributed by atoms with E-state index in [4.69, 9.17) is 14.2 Å². The van der Waals surface area contributed by atoms with Gasteiger partial charge in [0.15, 0.2) is 0 Å². The molecule has 1 unspecified atom stereocenters. The van der Waals surface area contributed by atoms with Gasteiger partial charge in [-0.3, -0.25) is 0 Å². The fourth-order valence-electron chi connectivity index (χ4n) is 4.68. The lowest BCUT2D eigenvalue weighted by Gasteiger charge is -2.34. The maximum absolute atomic E-state index is 12.8. The summed E-state index contributed by atoms with van der Waals surface area (Å²) in [6.07, 6.45) is 4.75. The number of para-hydroxylation sites is 1. The molecule has 4 aromatic rings. The lowest BCUT2D eigenvalue weighted by Crippen LogP contribution is -2.42. The number of rotatable bonds is 6. The van der Waals surface area contributed by atoms with Crippen LogP contribution >= 0.6 is 0 Å². The summed E-state index contributed by atoms with van der Waals surface area (Å²) in [6, 6.07) is 17.2. The topological polar surface area (TPSA) is 98.7 Å². The minimum atomic E-state index is -0.538. The Morgan fingerprint density at radius 1 is 1.05 bits per heavy atom. The minimum absolute atomic E-state index is 0.0924. The highest BCUT2D eigenvalue weighted by molar-refractivity contribution is 5.92. The summed E-state index contributed by atoms with van der Waals surface area (Å²) < 4.78 is 17.2.